The topological polar surface area (TPSA) is 93.5 Å². The number of carbonyl (C=O) groups excluding carboxylic acids is 2. The van der Waals surface area contributed by atoms with E-state index in [-0.39, 0.29) is 17.5 Å². The van der Waals surface area contributed by atoms with Gasteiger partial charge >= 0.3 is 0 Å². The Kier molecular flexibility index (Phi) is 5.64. The van der Waals surface area contributed by atoms with Gasteiger partial charge in [-0.25, -0.2) is 0 Å². The largest absolute Gasteiger partial charge is 0.465 e. The van der Waals surface area contributed by atoms with Crippen molar-refractivity contribution in [1.29, 1.82) is 0 Å². The molecule has 7 heteroatoms. The summed E-state index contributed by atoms with van der Waals surface area (Å²) in [6.07, 6.45) is 6.01. The fourth-order valence-corrected chi connectivity index (χ4v) is 2.20. The van der Waals surface area contributed by atoms with Gasteiger partial charge in [0, 0.05) is 31.1 Å². The SMILES string of the molecule is CNC(=O)c1cc(Oc2ccc(NC(=O)/C=C/c3ccco3)cc2)ccn1. The maximum Gasteiger partial charge on any atom is 0.269 e. The molecular weight excluding hydrogens is 346 g/mol. The Labute approximate surface area is 155 Å². The number of nitrogens with one attached hydrogen (secondary N) is 2. The van der Waals surface area contributed by atoms with Crippen LogP contribution in [0.15, 0.2) is 71.5 Å². The summed E-state index contributed by atoms with van der Waals surface area (Å²) >= 11 is 0. The Morgan fingerprint density at radius 2 is 1.93 bits per heavy atom. The van der Waals surface area contributed by atoms with Crippen LogP contribution >= 0.6 is 0 Å². The van der Waals surface area contributed by atoms with E-state index in [4.69, 9.17) is 9.15 Å². The van der Waals surface area contributed by atoms with Crippen LogP contribution in [0.2, 0.25) is 0 Å². The third kappa shape index (κ3) is 5.05. The van der Waals surface area contributed by atoms with Crippen LogP contribution in [0.3, 0.4) is 0 Å². The standard InChI is InChI=1S/C20H17N3O4/c1-21-20(25)18-13-17(10-11-22-18)27-16-6-4-14(5-7-16)23-19(24)9-8-15-3-2-12-26-15/h2-13H,1H3,(H,21,25)(H,23,24)/b9-8+. The van der Waals surface area contributed by atoms with Gasteiger partial charge in [0.1, 0.15) is 23.0 Å². The first-order valence-corrected chi connectivity index (χ1v) is 8.12. The minimum Gasteiger partial charge on any atom is -0.465 e. The number of aromatic nitrogens is 1. The fourth-order valence-electron chi connectivity index (χ4n) is 2.20. The molecular formula is C20H17N3O4. The number of amides is 2. The highest BCUT2D eigenvalue weighted by Gasteiger charge is 2.07. The second-order valence-electron chi connectivity index (χ2n) is 5.42. The number of pyridine rings is 1. The Morgan fingerprint density at radius 1 is 1.11 bits per heavy atom. The lowest BCUT2D eigenvalue weighted by Crippen LogP contribution is -2.18. The number of nitrogens with zero attached hydrogens (tertiary/aromatic N) is 1. The first-order valence-electron chi connectivity index (χ1n) is 8.12. The highest BCUT2D eigenvalue weighted by atomic mass is 16.5. The van der Waals surface area contributed by atoms with Crippen molar-refractivity contribution in [2.45, 2.75) is 0 Å². The maximum absolute atomic E-state index is 11.9. The number of hydrogen-bond acceptors (Lipinski definition) is 5. The van der Waals surface area contributed by atoms with Gasteiger partial charge in [-0.05, 0) is 48.5 Å². The first-order chi connectivity index (χ1) is 13.1. The number of hydrogen-bond donors (Lipinski definition) is 2. The highest BCUT2D eigenvalue weighted by molar-refractivity contribution is 6.01. The molecule has 0 unspecified atom stereocenters. The minimum absolute atomic E-state index is 0.266. The molecule has 0 aliphatic carbocycles. The fraction of sp³-hybridized carbons (Fsp3) is 0.0500. The van der Waals surface area contributed by atoms with Crippen LogP contribution in [0.5, 0.6) is 11.5 Å². The van der Waals surface area contributed by atoms with Crippen LogP contribution in [-0.2, 0) is 4.79 Å². The Balaban J connectivity index is 1.60. The molecule has 2 N–H and O–H groups in total. The summed E-state index contributed by atoms with van der Waals surface area (Å²) in [5, 5.41) is 5.25. The summed E-state index contributed by atoms with van der Waals surface area (Å²) in [5.41, 5.74) is 0.888. The molecule has 7 nitrogen and oxygen atoms in total. The number of ether oxygens (including phenoxy) is 1. The molecule has 0 radical (unpaired) electrons. The van der Waals surface area contributed by atoms with Crippen LogP contribution in [0.1, 0.15) is 16.2 Å². The molecule has 0 saturated heterocycles. The zero-order valence-electron chi connectivity index (χ0n) is 14.5. The summed E-state index contributed by atoms with van der Waals surface area (Å²) in [6, 6.07) is 13.6. The highest BCUT2D eigenvalue weighted by Crippen LogP contribution is 2.23. The third-order valence-corrected chi connectivity index (χ3v) is 3.49. The van der Waals surface area contributed by atoms with E-state index in [0.717, 1.165) is 0 Å². The molecule has 136 valence electrons. The molecule has 2 amide bonds. The van der Waals surface area contributed by atoms with Crippen molar-refractivity contribution in [3.63, 3.8) is 0 Å². The third-order valence-electron chi connectivity index (χ3n) is 3.49. The van der Waals surface area contributed by atoms with Crippen molar-refractivity contribution < 1.29 is 18.7 Å². The van der Waals surface area contributed by atoms with Gasteiger partial charge < -0.3 is 19.8 Å². The van der Waals surface area contributed by atoms with E-state index in [9.17, 15) is 9.59 Å². The lowest BCUT2D eigenvalue weighted by atomic mass is 10.3. The molecule has 2 aromatic heterocycles. The van der Waals surface area contributed by atoms with Crippen molar-refractivity contribution in [2.24, 2.45) is 0 Å². The Hall–Kier alpha value is -3.87. The van der Waals surface area contributed by atoms with Crippen LogP contribution in [-0.4, -0.2) is 23.8 Å². The van der Waals surface area contributed by atoms with E-state index in [0.29, 0.717) is 22.9 Å². The van der Waals surface area contributed by atoms with Gasteiger partial charge in [0.05, 0.1) is 6.26 Å². The van der Waals surface area contributed by atoms with Crippen molar-refractivity contribution >= 4 is 23.6 Å². The molecule has 0 atom stereocenters. The summed E-state index contributed by atoms with van der Waals surface area (Å²) in [7, 11) is 1.54. The van der Waals surface area contributed by atoms with Crippen LogP contribution in [0.4, 0.5) is 5.69 Å². The van der Waals surface area contributed by atoms with Crippen LogP contribution in [0, 0.1) is 0 Å². The molecule has 0 spiro atoms. The second kappa shape index (κ2) is 8.48. The number of anilines is 1. The van der Waals surface area contributed by atoms with Crippen molar-refractivity contribution in [3.05, 3.63) is 78.5 Å². The van der Waals surface area contributed by atoms with Crippen LogP contribution in [0.25, 0.3) is 6.08 Å². The van der Waals surface area contributed by atoms with E-state index >= 15 is 0 Å². The Morgan fingerprint density at radius 3 is 2.63 bits per heavy atom. The van der Waals surface area contributed by atoms with Gasteiger partial charge in [-0.15, -0.1) is 0 Å². The molecule has 0 fully saturated rings. The van der Waals surface area contributed by atoms with Gasteiger partial charge in [0.15, 0.2) is 0 Å². The summed E-state index contributed by atoms with van der Waals surface area (Å²) in [5.74, 6) is 1.09. The van der Waals surface area contributed by atoms with Gasteiger partial charge in [-0.1, -0.05) is 0 Å². The average molecular weight is 363 g/mol. The second-order valence-corrected chi connectivity index (χ2v) is 5.42. The number of benzene rings is 1. The molecule has 0 aliphatic heterocycles. The van der Waals surface area contributed by atoms with E-state index in [1.165, 1.54) is 25.6 Å². The van der Waals surface area contributed by atoms with E-state index in [2.05, 4.69) is 15.6 Å². The maximum atomic E-state index is 11.9. The monoisotopic (exact) mass is 363 g/mol. The normalized spacial score (nSPS) is 10.6. The van der Waals surface area contributed by atoms with Gasteiger partial charge in [0.25, 0.3) is 5.91 Å². The molecule has 3 aromatic rings. The number of furan rings is 1. The quantitative estimate of drug-likeness (QED) is 0.654. The smallest absolute Gasteiger partial charge is 0.269 e. The zero-order chi connectivity index (χ0) is 19.1. The Bertz CT molecular complexity index is 948. The number of rotatable bonds is 6. The van der Waals surface area contributed by atoms with Gasteiger partial charge in [0.2, 0.25) is 5.91 Å². The zero-order valence-corrected chi connectivity index (χ0v) is 14.5. The van der Waals surface area contributed by atoms with E-state index < -0.39 is 0 Å². The minimum atomic E-state index is -0.291. The number of carbonyl (C=O) groups is 2. The van der Waals surface area contributed by atoms with Crippen molar-refractivity contribution in [2.75, 3.05) is 12.4 Å². The first kappa shape index (κ1) is 17.9. The van der Waals surface area contributed by atoms with Crippen molar-refractivity contribution in [1.82, 2.24) is 10.3 Å². The van der Waals surface area contributed by atoms with Crippen LogP contribution < -0.4 is 15.4 Å². The predicted molar refractivity (Wildman–Crippen MR) is 101 cm³/mol. The summed E-state index contributed by atoms with van der Waals surface area (Å²) < 4.78 is 10.8. The van der Waals surface area contributed by atoms with Gasteiger partial charge in [-0.3, -0.25) is 14.6 Å². The van der Waals surface area contributed by atoms with Crippen molar-refractivity contribution in [3.8, 4) is 11.5 Å². The molecule has 0 aliphatic rings. The van der Waals surface area contributed by atoms with E-state index in [1.54, 1.807) is 54.6 Å². The molecule has 0 bridgehead atoms. The molecule has 2 heterocycles. The molecule has 27 heavy (non-hydrogen) atoms. The van der Waals surface area contributed by atoms with E-state index in [1.807, 2.05) is 0 Å². The molecule has 0 saturated carbocycles. The average Bonchev–Trinajstić information content (AvgIpc) is 3.21. The molecule has 1 aromatic carbocycles. The summed E-state index contributed by atoms with van der Waals surface area (Å²) in [4.78, 5) is 27.5. The lowest BCUT2D eigenvalue weighted by molar-refractivity contribution is -0.111. The lowest BCUT2D eigenvalue weighted by Gasteiger charge is -2.08. The summed E-state index contributed by atoms with van der Waals surface area (Å²) in [6.45, 7) is 0. The predicted octanol–water partition coefficient (Wildman–Crippen LogP) is 3.48. The van der Waals surface area contributed by atoms with Gasteiger partial charge in [-0.2, -0.15) is 0 Å². The molecule has 3 rings (SSSR count).